The maximum absolute atomic E-state index is 12.4. The number of hydrogen-bond donors (Lipinski definition) is 0. The summed E-state index contributed by atoms with van der Waals surface area (Å²) >= 11 is 0. The molecule has 4 nitrogen and oxygen atoms in total. The van der Waals surface area contributed by atoms with Gasteiger partial charge in [-0.1, -0.05) is 11.6 Å². The Bertz CT molecular complexity index is 677. The third kappa shape index (κ3) is 1.93. The van der Waals surface area contributed by atoms with Crippen molar-refractivity contribution in [3.8, 4) is 0 Å². The lowest BCUT2D eigenvalue weighted by Gasteiger charge is -2.28. The number of aliphatic imine (C=N–C) groups is 1. The van der Waals surface area contributed by atoms with Crippen LogP contribution in [0.5, 0.6) is 0 Å². The molecule has 1 fully saturated rings. The van der Waals surface area contributed by atoms with E-state index < -0.39 is 5.60 Å². The molecule has 0 aromatic heterocycles. The second-order valence-corrected chi connectivity index (χ2v) is 7.93. The minimum absolute atomic E-state index is 0.0127. The molecule has 1 heterocycles. The highest BCUT2D eigenvalue weighted by molar-refractivity contribution is 6.11. The van der Waals surface area contributed by atoms with Gasteiger partial charge in [-0.2, -0.15) is 0 Å². The third-order valence-electron chi connectivity index (χ3n) is 5.26. The summed E-state index contributed by atoms with van der Waals surface area (Å²) < 4.78 is 5.52. The van der Waals surface area contributed by atoms with Crippen LogP contribution >= 0.6 is 0 Å². The fourth-order valence-corrected chi connectivity index (χ4v) is 4.19. The molecule has 4 rings (SSSR count). The molecule has 4 heteroatoms. The molecule has 3 unspecified atom stereocenters. The molecule has 3 aliphatic carbocycles. The van der Waals surface area contributed by atoms with Crippen LogP contribution in [0.4, 0.5) is 0 Å². The zero-order valence-electron chi connectivity index (χ0n) is 13.3. The minimum Gasteiger partial charge on any atom is -0.458 e. The van der Waals surface area contributed by atoms with Crippen LogP contribution in [0.2, 0.25) is 0 Å². The maximum atomic E-state index is 12.4. The molecule has 0 amide bonds. The zero-order chi connectivity index (χ0) is 15.7. The van der Waals surface area contributed by atoms with Gasteiger partial charge in [-0.25, -0.2) is 4.79 Å². The number of hydrogen-bond acceptors (Lipinski definition) is 4. The van der Waals surface area contributed by atoms with E-state index in [1.807, 2.05) is 26.8 Å². The number of carbonyl (C=O) groups excluding carboxylic acids is 2. The van der Waals surface area contributed by atoms with Crippen molar-refractivity contribution in [3.05, 3.63) is 23.3 Å². The van der Waals surface area contributed by atoms with Crippen molar-refractivity contribution >= 4 is 17.5 Å². The largest absolute Gasteiger partial charge is 0.458 e. The summed E-state index contributed by atoms with van der Waals surface area (Å²) in [6.45, 7) is 5.65. The highest BCUT2D eigenvalue weighted by Crippen LogP contribution is 2.66. The summed E-state index contributed by atoms with van der Waals surface area (Å²) in [5, 5.41) is 0. The number of esters is 1. The van der Waals surface area contributed by atoms with Gasteiger partial charge in [0.05, 0.1) is 0 Å². The molecule has 0 aromatic rings. The van der Waals surface area contributed by atoms with Gasteiger partial charge in [0.2, 0.25) is 0 Å². The second kappa shape index (κ2) is 4.18. The van der Waals surface area contributed by atoms with E-state index in [9.17, 15) is 9.59 Å². The van der Waals surface area contributed by atoms with Crippen LogP contribution in [0, 0.1) is 11.3 Å². The van der Waals surface area contributed by atoms with Gasteiger partial charge in [-0.05, 0) is 46.1 Å². The molecular weight excluding hydrogens is 278 g/mol. The monoisotopic (exact) mass is 299 g/mol. The Kier molecular flexibility index (Phi) is 2.64. The average molecular weight is 299 g/mol. The van der Waals surface area contributed by atoms with Crippen molar-refractivity contribution in [3.63, 3.8) is 0 Å². The molecular formula is C18H21NO3. The van der Waals surface area contributed by atoms with Crippen LogP contribution in [0.1, 0.15) is 46.5 Å². The molecule has 116 valence electrons. The first kappa shape index (κ1) is 13.9. The number of rotatable bonds is 1. The molecule has 4 aliphatic rings. The van der Waals surface area contributed by atoms with Crippen LogP contribution in [0.15, 0.2) is 28.3 Å². The van der Waals surface area contributed by atoms with Crippen molar-refractivity contribution in [2.45, 2.75) is 58.1 Å². The van der Waals surface area contributed by atoms with Gasteiger partial charge in [0.25, 0.3) is 0 Å². The first-order chi connectivity index (χ1) is 10.3. The highest BCUT2D eigenvalue weighted by Gasteiger charge is 2.67. The summed E-state index contributed by atoms with van der Waals surface area (Å²) in [5.74, 6) is 0.185. The number of nitrogens with zero attached hydrogens (tertiary/aromatic N) is 1. The molecule has 0 bridgehead atoms. The summed E-state index contributed by atoms with van der Waals surface area (Å²) in [7, 11) is 0. The number of ether oxygens (including phenoxy) is 1. The molecule has 1 spiro atoms. The minimum atomic E-state index is -0.482. The summed E-state index contributed by atoms with van der Waals surface area (Å²) in [4.78, 5) is 29.2. The van der Waals surface area contributed by atoms with Crippen LogP contribution in [-0.2, 0) is 14.3 Å². The lowest BCUT2D eigenvalue weighted by atomic mass is 9.75. The van der Waals surface area contributed by atoms with Crippen LogP contribution in [-0.4, -0.2) is 29.1 Å². The standard InChI is InChI=1S/C18H21NO3/c1-17(2,3)22-16(21)15-12-9-18(12)8-11-10(7-14(18)19-15)5-4-6-13(11)20/h4,6,12,15H,5,7-9H2,1-3H3. The number of ketones is 1. The van der Waals surface area contributed by atoms with E-state index in [2.05, 4.69) is 0 Å². The Balaban J connectivity index is 1.58. The second-order valence-electron chi connectivity index (χ2n) is 7.93. The van der Waals surface area contributed by atoms with E-state index >= 15 is 0 Å². The Morgan fingerprint density at radius 1 is 1.41 bits per heavy atom. The molecule has 0 saturated heterocycles. The molecule has 3 atom stereocenters. The number of allylic oxidation sites excluding steroid dienone is 4. The molecule has 1 saturated carbocycles. The van der Waals surface area contributed by atoms with Crippen molar-refractivity contribution in [1.82, 2.24) is 0 Å². The maximum Gasteiger partial charge on any atom is 0.331 e. The molecule has 0 aromatic carbocycles. The quantitative estimate of drug-likeness (QED) is 0.700. The zero-order valence-corrected chi connectivity index (χ0v) is 13.3. The summed E-state index contributed by atoms with van der Waals surface area (Å²) in [6, 6.07) is -0.362. The third-order valence-corrected chi connectivity index (χ3v) is 5.26. The topological polar surface area (TPSA) is 55.7 Å². The molecule has 22 heavy (non-hydrogen) atoms. The molecule has 1 aliphatic heterocycles. The van der Waals surface area contributed by atoms with Gasteiger partial charge < -0.3 is 4.74 Å². The average Bonchev–Trinajstić information content (AvgIpc) is 3.02. The van der Waals surface area contributed by atoms with Crippen LogP contribution in [0.25, 0.3) is 0 Å². The summed E-state index contributed by atoms with van der Waals surface area (Å²) in [6.07, 6.45) is 6.98. The van der Waals surface area contributed by atoms with Crippen LogP contribution < -0.4 is 0 Å². The normalized spacial score (nSPS) is 35.6. The van der Waals surface area contributed by atoms with E-state index in [0.29, 0.717) is 0 Å². The van der Waals surface area contributed by atoms with Crippen molar-refractivity contribution < 1.29 is 14.3 Å². The lowest BCUT2D eigenvalue weighted by Crippen LogP contribution is -2.31. The Morgan fingerprint density at radius 2 is 2.18 bits per heavy atom. The van der Waals surface area contributed by atoms with Gasteiger partial charge >= 0.3 is 5.97 Å². The van der Waals surface area contributed by atoms with Gasteiger partial charge in [0, 0.05) is 29.0 Å². The lowest BCUT2D eigenvalue weighted by molar-refractivity contribution is -0.156. The Hall–Kier alpha value is -1.71. The van der Waals surface area contributed by atoms with Gasteiger partial charge in [-0.3, -0.25) is 9.79 Å². The number of carbonyl (C=O) groups is 2. The molecule has 0 N–H and O–H groups in total. The fourth-order valence-electron chi connectivity index (χ4n) is 4.19. The van der Waals surface area contributed by atoms with E-state index in [1.54, 1.807) is 6.08 Å². The van der Waals surface area contributed by atoms with E-state index in [1.165, 1.54) is 5.57 Å². The fraction of sp³-hybridized carbons (Fsp3) is 0.611. The smallest absolute Gasteiger partial charge is 0.331 e. The SMILES string of the molecule is CC(C)(C)OC(=O)C1N=C2CC3=C(CC24CC14)C(=O)C=CC3. The predicted molar refractivity (Wildman–Crippen MR) is 82.6 cm³/mol. The van der Waals surface area contributed by atoms with Gasteiger partial charge in [0.1, 0.15) is 5.60 Å². The Morgan fingerprint density at radius 3 is 2.91 bits per heavy atom. The van der Waals surface area contributed by atoms with Crippen molar-refractivity contribution in [2.24, 2.45) is 16.3 Å². The van der Waals surface area contributed by atoms with Crippen molar-refractivity contribution in [2.75, 3.05) is 0 Å². The Labute approximate surface area is 130 Å². The van der Waals surface area contributed by atoms with E-state index in [0.717, 1.165) is 37.0 Å². The van der Waals surface area contributed by atoms with Crippen LogP contribution in [0.3, 0.4) is 0 Å². The first-order valence-electron chi connectivity index (χ1n) is 8.02. The van der Waals surface area contributed by atoms with Crippen molar-refractivity contribution in [1.29, 1.82) is 0 Å². The summed E-state index contributed by atoms with van der Waals surface area (Å²) in [5.41, 5.74) is 2.82. The van der Waals surface area contributed by atoms with E-state index in [4.69, 9.17) is 9.73 Å². The molecule has 0 radical (unpaired) electrons. The van der Waals surface area contributed by atoms with Gasteiger partial charge in [-0.15, -0.1) is 0 Å². The highest BCUT2D eigenvalue weighted by atomic mass is 16.6. The van der Waals surface area contributed by atoms with Gasteiger partial charge in [0.15, 0.2) is 11.8 Å². The first-order valence-corrected chi connectivity index (χ1v) is 8.02. The van der Waals surface area contributed by atoms with E-state index in [-0.39, 0.29) is 29.1 Å². The predicted octanol–water partition coefficient (Wildman–Crippen LogP) is 2.78.